The van der Waals surface area contributed by atoms with Crippen molar-refractivity contribution in [3.8, 4) is 0 Å². The Morgan fingerprint density at radius 2 is 2.00 bits per heavy atom. The highest BCUT2D eigenvalue weighted by Crippen LogP contribution is 2.30. The second kappa shape index (κ2) is 4.52. The first kappa shape index (κ1) is 12.7. The summed E-state index contributed by atoms with van der Waals surface area (Å²) in [5, 5.41) is 31.5. The van der Waals surface area contributed by atoms with Crippen LogP contribution in [0.15, 0.2) is 12.1 Å². The fourth-order valence-electron chi connectivity index (χ4n) is 1.81. The molecule has 0 radical (unpaired) electrons. The molecule has 9 heteroatoms. The Labute approximate surface area is 106 Å². The zero-order chi connectivity index (χ0) is 14.2. The molecule has 1 aromatic heterocycles. The van der Waals surface area contributed by atoms with Gasteiger partial charge in [0.05, 0.1) is 15.9 Å². The van der Waals surface area contributed by atoms with Gasteiger partial charge in [-0.25, -0.2) is 4.98 Å². The van der Waals surface area contributed by atoms with Gasteiger partial charge in [-0.3, -0.25) is 20.2 Å². The number of hydrogen-bond acceptors (Lipinski definition) is 6. The number of nitro groups is 2. The number of hydrogen-bond donors (Lipinski definition) is 1. The molecule has 1 heterocycles. The van der Waals surface area contributed by atoms with Gasteiger partial charge in [-0.05, 0) is 6.42 Å². The fraction of sp³-hybridized carbons (Fsp3) is 0.300. The molecule has 0 aliphatic rings. The number of fused-ring (bicyclic) bond motifs is 1. The van der Waals surface area contributed by atoms with Crippen LogP contribution in [0.2, 0.25) is 0 Å². The molecule has 0 spiro atoms. The van der Waals surface area contributed by atoms with Gasteiger partial charge in [0, 0.05) is 12.5 Å². The predicted molar refractivity (Wildman–Crippen MR) is 64.2 cm³/mol. The first-order chi connectivity index (χ1) is 8.95. The van der Waals surface area contributed by atoms with E-state index < -0.39 is 21.2 Å². The molecule has 9 nitrogen and oxygen atoms in total. The molecule has 0 saturated heterocycles. The molecule has 0 fully saturated rings. The summed E-state index contributed by atoms with van der Waals surface area (Å²) >= 11 is 0. The van der Waals surface area contributed by atoms with Crippen molar-refractivity contribution in [2.24, 2.45) is 0 Å². The smallest absolute Gasteiger partial charge is 0.304 e. The average molecular weight is 266 g/mol. The van der Waals surface area contributed by atoms with E-state index in [-0.39, 0.29) is 16.9 Å². The number of non-ortho nitro benzene ring substituents is 2. The minimum Gasteiger partial charge on any atom is -0.427 e. The van der Waals surface area contributed by atoms with Crippen LogP contribution in [0.3, 0.4) is 0 Å². The van der Waals surface area contributed by atoms with Gasteiger partial charge in [-0.1, -0.05) is 6.92 Å². The monoisotopic (exact) mass is 266 g/mol. The van der Waals surface area contributed by atoms with Crippen molar-refractivity contribution >= 4 is 22.4 Å². The highest BCUT2D eigenvalue weighted by molar-refractivity contribution is 5.87. The van der Waals surface area contributed by atoms with E-state index in [1.165, 1.54) is 0 Å². The summed E-state index contributed by atoms with van der Waals surface area (Å²) in [7, 11) is 0. The van der Waals surface area contributed by atoms with Crippen molar-refractivity contribution in [2.75, 3.05) is 0 Å². The SMILES string of the molecule is CCCc1nc2c([N+](=O)[O-])cc([N+](=O)[O-])cc2n1O. The third kappa shape index (κ3) is 2.05. The molecular weight excluding hydrogens is 256 g/mol. The first-order valence-electron chi connectivity index (χ1n) is 5.49. The van der Waals surface area contributed by atoms with Gasteiger partial charge in [0.2, 0.25) is 0 Å². The van der Waals surface area contributed by atoms with Crippen LogP contribution in [0.4, 0.5) is 11.4 Å². The number of nitrogens with zero attached hydrogens (tertiary/aromatic N) is 4. The van der Waals surface area contributed by atoms with E-state index in [1.54, 1.807) is 0 Å². The van der Waals surface area contributed by atoms with Crippen LogP contribution < -0.4 is 0 Å². The van der Waals surface area contributed by atoms with Crippen molar-refractivity contribution in [1.82, 2.24) is 9.71 Å². The van der Waals surface area contributed by atoms with Gasteiger partial charge in [0.25, 0.3) is 5.69 Å². The van der Waals surface area contributed by atoms with Crippen LogP contribution in [0.1, 0.15) is 19.2 Å². The van der Waals surface area contributed by atoms with Crippen molar-refractivity contribution in [2.45, 2.75) is 19.8 Å². The summed E-state index contributed by atoms with van der Waals surface area (Å²) in [6.07, 6.45) is 1.09. The van der Waals surface area contributed by atoms with Crippen LogP contribution in [-0.4, -0.2) is 24.8 Å². The van der Waals surface area contributed by atoms with Crippen LogP contribution in [0, 0.1) is 20.2 Å². The van der Waals surface area contributed by atoms with E-state index >= 15 is 0 Å². The molecule has 0 atom stereocenters. The van der Waals surface area contributed by atoms with E-state index in [4.69, 9.17) is 0 Å². The molecule has 19 heavy (non-hydrogen) atoms. The van der Waals surface area contributed by atoms with Crippen LogP contribution in [-0.2, 0) is 6.42 Å². The Morgan fingerprint density at radius 1 is 1.32 bits per heavy atom. The van der Waals surface area contributed by atoms with Gasteiger partial charge in [-0.2, -0.15) is 4.73 Å². The van der Waals surface area contributed by atoms with Gasteiger partial charge in [-0.15, -0.1) is 0 Å². The third-order valence-electron chi connectivity index (χ3n) is 2.65. The summed E-state index contributed by atoms with van der Waals surface area (Å²) in [5.41, 5.74) is -1.04. The lowest BCUT2D eigenvalue weighted by Crippen LogP contribution is -1.98. The van der Waals surface area contributed by atoms with Crippen molar-refractivity contribution in [3.63, 3.8) is 0 Å². The molecule has 0 aliphatic heterocycles. The highest BCUT2D eigenvalue weighted by atomic mass is 16.6. The molecule has 0 saturated carbocycles. The number of aromatic nitrogens is 2. The lowest BCUT2D eigenvalue weighted by molar-refractivity contribution is -0.393. The Bertz CT molecular complexity index is 678. The number of nitro benzene ring substituents is 2. The second-order valence-electron chi connectivity index (χ2n) is 3.94. The molecule has 1 aromatic carbocycles. The molecule has 0 bridgehead atoms. The molecule has 0 unspecified atom stereocenters. The number of benzene rings is 1. The third-order valence-corrected chi connectivity index (χ3v) is 2.65. The minimum atomic E-state index is -0.752. The largest absolute Gasteiger partial charge is 0.427 e. The lowest BCUT2D eigenvalue weighted by Gasteiger charge is -1.98. The second-order valence-corrected chi connectivity index (χ2v) is 3.94. The summed E-state index contributed by atoms with van der Waals surface area (Å²) in [6.45, 7) is 1.86. The van der Waals surface area contributed by atoms with Crippen molar-refractivity contribution in [1.29, 1.82) is 0 Å². The lowest BCUT2D eigenvalue weighted by atomic mass is 10.2. The normalized spacial score (nSPS) is 10.8. The predicted octanol–water partition coefficient (Wildman–Crippen LogP) is 2.04. The molecule has 2 aromatic rings. The molecular formula is C10H10N4O5. The first-order valence-corrected chi connectivity index (χ1v) is 5.49. The van der Waals surface area contributed by atoms with E-state index in [0.717, 1.165) is 12.1 Å². The van der Waals surface area contributed by atoms with Gasteiger partial charge >= 0.3 is 5.69 Å². The zero-order valence-corrected chi connectivity index (χ0v) is 9.94. The van der Waals surface area contributed by atoms with E-state index in [9.17, 15) is 25.4 Å². The van der Waals surface area contributed by atoms with Gasteiger partial charge in [0.1, 0.15) is 11.3 Å². The summed E-state index contributed by atoms with van der Waals surface area (Å²) < 4.78 is 0.666. The number of imidazole rings is 1. The van der Waals surface area contributed by atoms with E-state index in [0.29, 0.717) is 17.6 Å². The zero-order valence-electron chi connectivity index (χ0n) is 9.94. The van der Waals surface area contributed by atoms with E-state index in [1.807, 2.05) is 6.92 Å². The molecule has 0 aliphatic carbocycles. The van der Waals surface area contributed by atoms with Crippen LogP contribution >= 0.6 is 0 Å². The summed E-state index contributed by atoms with van der Waals surface area (Å²) in [6, 6.07) is 1.90. The highest BCUT2D eigenvalue weighted by Gasteiger charge is 2.24. The number of rotatable bonds is 4. The Kier molecular flexibility index (Phi) is 3.03. The Hall–Kier alpha value is -2.71. The van der Waals surface area contributed by atoms with Gasteiger partial charge in [0.15, 0.2) is 5.52 Å². The van der Waals surface area contributed by atoms with Crippen molar-refractivity contribution < 1.29 is 15.1 Å². The van der Waals surface area contributed by atoms with Crippen molar-refractivity contribution in [3.05, 3.63) is 38.2 Å². The Morgan fingerprint density at radius 3 is 2.53 bits per heavy atom. The maximum atomic E-state index is 10.9. The minimum absolute atomic E-state index is 0.0376. The Balaban J connectivity index is 2.80. The molecule has 0 amide bonds. The van der Waals surface area contributed by atoms with Crippen LogP contribution in [0.25, 0.3) is 11.0 Å². The van der Waals surface area contributed by atoms with E-state index in [2.05, 4.69) is 4.98 Å². The fourth-order valence-corrected chi connectivity index (χ4v) is 1.81. The summed E-state index contributed by atoms with van der Waals surface area (Å²) in [5.74, 6) is 0.237. The maximum Gasteiger partial charge on any atom is 0.304 e. The van der Waals surface area contributed by atoms with Gasteiger partial charge < -0.3 is 5.21 Å². The average Bonchev–Trinajstić information content (AvgIpc) is 2.66. The standard InChI is InChI=1S/C10H10N4O5/c1-2-3-9-11-10-7(12(9)15)4-6(13(16)17)5-8(10)14(18)19/h4-5,15H,2-3H2,1H3. The molecule has 1 N–H and O–H groups in total. The molecule has 100 valence electrons. The molecule has 2 rings (SSSR count). The quantitative estimate of drug-likeness (QED) is 0.512. The number of aryl methyl sites for hydroxylation is 1. The van der Waals surface area contributed by atoms with Crippen LogP contribution in [0.5, 0.6) is 0 Å². The summed E-state index contributed by atoms with van der Waals surface area (Å²) in [4.78, 5) is 24.1. The topological polar surface area (TPSA) is 124 Å². The maximum absolute atomic E-state index is 10.9.